The Balaban J connectivity index is 2.00. The summed E-state index contributed by atoms with van der Waals surface area (Å²) in [6, 6.07) is 7.96. The predicted octanol–water partition coefficient (Wildman–Crippen LogP) is 1.14. The molecule has 0 aliphatic rings. The van der Waals surface area contributed by atoms with Crippen molar-refractivity contribution in [3.8, 4) is 0 Å². The smallest absolute Gasteiger partial charge is 0.191 e. The third kappa shape index (κ3) is 4.98. The number of hydrogen-bond acceptors (Lipinski definition) is 4. The van der Waals surface area contributed by atoms with Crippen LogP contribution in [0.3, 0.4) is 0 Å². The molecule has 2 heterocycles. The molecule has 124 valence electrons. The van der Waals surface area contributed by atoms with Gasteiger partial charge >= 0.3 is 0 Å². The molecule has 0 radical (unpaired) electrons. The molecule has 0 spiro atoms. The molecule has 0 saturated carbocycles. The molecular weight excluding hydrogens is 290 g/mol. The van der Waals surface area contributed by atoms with Crippen molar-refractivity contribution in [1.29, 1.82) is 0 Å². The summed E-state index contributed by atoms with van der Waals surface area (Å²) in [5.41, 5.74) is 2.04. The maximum atomic E-state index is 4.60. The molecule has 2 aromatic heterocycles. The number of anilines is 1. The van der Waals surface area contributed by atoms with E-state index in [0.29, 0.717) is 13.1 Å². The molecule has 0 amide bonds. The van der Waals surface area contributed by atoms with Gasteiger partial charge in [-0.3, -0.25) is 4.68 Å². The monoisotopic (exact) mass is 315 g/mol. The van der Waals surface area contributed by atoms with Gasteiger partial charge in [0.05, 0.1) is 24.5 Å². The highest BCUT2D eigenvalue weighted by Gasteiger charge is 2.03. The van der Waals surface area contributed by atoms with Gasteiger partial charge in [0.1, 0.15) is 5.82 Å². The first-order chi connectivity index (χ1) is 11.1. The highest BCUT2D eigenvalue weighted by Crippen LogP contribution is 2.08. The van der Waals surface area contributed by atoms with E-state index in [1.165, 1.54) is 0 Å². The first-order valence-corrected chi connectivity index (χ1v) is 7.72. The summed E-state index contributed by atoms with van der Waals surface area (Å²) in [6.07, 6.45) is 1.79. The van der Waals surface area contributed by atoms with Gasteiger partial charge in [-0.1, -0.05) is 6.07 Å². The van der Waals surface area contributed by atoms with Crippen LogP contribution in [0.25, 0.3) is 0 Å². The van der Waals surface area contributed by atoms with E-state index in [9.17, 15) is 0 Å². The van der Waals surface area contributed by atoms with Gasteiger partial charge in [0.2, 0.25) is 0 Å². The highest BCUT2D eigenvalue weighted by molar-refractivity contribution is 5.79. The van der Waals surface area contributed by atoms with E-state index in [1.807, 2.05) is 61.9 Å². The zero-order valence-electron chi connectivity index (χ0n) is 14.2. The van der Waals surface area contributed by atoms with E-state index >= 15 is 0 Å². The summed E-state index contributed by atoms with van der Waals surface area (Å²) in [4.78, 5) is 11.2. The summed E-state index contributed by atoms with van der Waals surface area (Å²) >= 11 is 0. The number of pyridine rings is 1. The minimum absolute atomic E-state index is 0.530. The largest absolute Gasteiger partial charge is 0.363 e. The Morgan fingerprint density at radius 1 is 1.26 bits per heavy atom. The number of aryl methyl sites for hydroxylation is 1. The van der Waals surface area contributed by atoms with Crippen LogP contribution >= 0.6 is 0 Å². The molecule has 23 heavy (non-hydrogen) atoms. The number of aromatic nitrogens is 3. The number of rotatable bonds is 6. The maximum absolute atomic E-state index is 4.60. The fraction of sp³-hybridized carbons (Fsp3) is 0.438. The third-order valence-corrected chi connectivity index (χ3v) is 3.35. The van der Waals surface area contributed by atoms with Crippen LogP contribution in [0.15, 0.2) is 35.5 Å². The molecule has 0 unspecified atom stereocenters. The van der Waals surface area contributed by atoms with Crippen molar-refractivity contribution in [2.45, 2.75) is 20.0 Å². The quantitative estimate of drug-likeness (QED) is 0.618. The summed E-state index contributed by atoms with van der Waals surface area (Å²) < 4.78 is 1.85. The maximum Gasteiger partial charge on any atom is 0.191 e. The molecule has 2 aromatic rings. The fourth-order valence-electron chi connectivity index (χ4n) is 2.05. The molecule has 0 aliphatic heterocycles. The topological polar surface area (TPSA) is 70.4 Å². The Morgan fingerprint density at radius 3 is 2.74 bits per heavy atom. The Labute approximate surface area is 137 Å². The number of nitrogens with one attached hydrogen (secondary N) is 2. The summed E-state index contributed by atoms with van der Waals surface area (Å²) in [5.74, 6) is 1.70. The van der Waals surface area contributed by atoms with Gasteiger partial charge in [-0.15, -0.1) is 0 Å². The number of hydrogen-bond donors (Lipinski definition) is 2. The van der Waals surface area contributed by atoms with Gasteiger partial charge in [-0.25, -0.2) is 9.98 Å². The van der Waals surface area contributed by atoms with Crippen molar-refractivity contribution in [2.24, 2.45) is 12.0 Å². The molecule has 0 aliphatic carbocycles. The molecule has 7 nitrogen and oxygen atoms in total. The average Bonchev–Trinajstić information content (AvgIpc) is 2.95. The van der Waals surface area contributed by atoms with Crippen LogP contribution < -0.4 is 15.5 Å². The van der Waals surface area contributed by atoms with E-state index in [0.717, 1.165) is 29.7 Å². The minimum atomic E-state index is 0.530. The van der Waals surface area contributed by atoms with Crippen molar-refractivity contribution >= 4 is 11.8 Å². The minimum Gasteiger partial charge on any atom is -0.363 e. The number of aliphatic imine (C=N–C) groups is 1. The van der Waals surface area contributed by atoms with Crippen LogP contribution in [-0.2, 0) is 20.1 Å². The molecular formula is C16H25N7. The Bertz CT molecular complexity index is 645. The second-order valence-electron chi connectivity index (χ2n) is 5.38. The van der Waals surface area contributed by atoms with Crippen LogP contribution in [0.1, 0.15) is 18.3 Å². The van der Waals surface area contributed by atoms with Crippen molar-refractivity contribution < 1.29 is 0 Å². The van der Waals surface area contributed by atoms with Gasteiger partial charge in [-0.2, -0.15) is 5.10 Å². The zero-order chi connectivity index (χ0) is 16.7. The molecule has 0 saturated heterocycles. The molecule has 0 atom stereocenters. The lowest BCUT2D eigenvalue weighted by Gasteiger charge is -2.13. The standard InChI is InChI=1S/C16H25N7/c1-5-17-16(19-12-14-9-10-20-23(14)4)18-11-13-7-6-8-15(21-13)22(2)3/h6-10H,5,11-12H2,1-4H3,(H2,17,18,19). The lowest BCUT2D eigenvalue weighted by Crippen LogP contribution is -2.37. The van der Waals surface area contributed by atoms with Crippen LogP contribution in [0, 0.1) is 0 Å². The van der Waals surface area contributed by atoms with Gasteiger partial charge in [-0.05, 0) is 25.1 Å². The van der Waals surface area contributed by atoms with Gasteiger partial charge in [0, 0.05) is 33.9 Å². The SMILES string of the molecule is CCNC(=NCc1cccc(N(C)C)n1)NCc1ccnn1C. The predicted molar refractivity (Wildman–Crippen MR) is 93.4 cm³/mol. The van der Waals surface area contributed by atoms with E-state index in [4.69, 9.17) is 0 Å². The second-order valence-corrected chi connectivity index (χ2v) is 5.38. The van der Waals surface area contributed by atoms with Gasteiger partial charge in [0.25, 0.3) is 0 Å². The Morgan fingerprint density at radius 2 is 2.09 bits per heavy atom. The number of guanidine groups is 1. The summed E-state index contributed by atoms with van der Waals surface area (Å²) in [5, 5.41) is 10.7. The van der Waals surface area contributed by atoms with E-state index in [1.54, 1.807) is 6.20 Å². The lowest BCUT2D eigenvalue weighted by atomic mass is 10.3. The molecule has 7 heteroatoms. The molecule has 0 bridgehead atoms. The van der Waals surface area contributed by atoms with Crippen LogP contribution in [-0.4, -0.2) is 41.4 Å². The zero-order valence-corrected chi connectivity index (χ0v) is 14.2. The van der Waals surface area contributed by atoms with Crippen LogP contribution in [0.5, 0.6) is 0 Å². The molecule has 2 rings (SSSR count). The van der Waals surface area contributed by atoms with E-state index in [2.05, 4.69) is 25.7 Å². The molecule has 2 N–H and O–H groups in total. The second kappa shape index (κ2) is 8.17. The van der Waals surface area contributed by atoms with E-state index < -0.39 is 0 Å². The van der Waals surface area contributed by atoms with Crippen molar-refractivity contribution in [3.63, 3.8) is 0 Å². The third-order valence-electron chi connectivity index (χ3n) is 3.35. The lowest BCUT2D eigenvalue weighted by molar-refractivity contribution is 0.684. The van der Waals surface area contributed by atoms with Crippen molar-refractivity contribution in [1.82, 2.24) is 25.4 Å². The first kappa shape index (κ1) is 16.8. The number of nitrogens with zero attached hydrogens (tertiary/aromatic N) is 5. The molecule has 0 fully saturated rings. The van der Waals surface area contributed by atoms with Crippen molar-refractivity contribution in [3.05, 3.63) is 41.9 Å². The fourth-order valence-corrected chi connectivity index (χ4v) is 2.05. The van der Waals surface area contributed by atoms with Crippen LogP contribution in [0.2, 0.25) is 0 Å². The average molecular weight is 315 g/mol. The Kier molecular flexibility index (Phi) is 5.96. The molecule has 0 aromatic carbocycles. The summed E-state index contributed by atoms with van der Waals surface area (Å²) in [7, 11) is 5.89. The van der Waals surface area contributed by atoms with E-state index in [-0.39, 0.29) is 0 Å². The van der Waals surface area contributed by atoms with Crippen LogP contribution in [0.4, 0.5) is 5.82 Å². The highest BCUT2D eigenvalue weighted by atomic mass is 15.3. The normalized spacial score (nSPS) is 11.4. The van der Waals surface area contributed by atoms with Crippen molar-refractivity contribution in [2.75, 3.05) is 25.5 Å². The first-order valence-electron chi connectivity index (χ1n) is 7.72. The van der Waals surface area contributed by atoms with Gasteiger partial charge < -0.3 is 15.5 Å². The Hall–Kier alpha value is -2.57. The summed E-state index contributed by atoms with van der Waals surface area (Å²) in [6.45, 7) is 4.06. The van der Waals surface area contributed by atoms with Gasteiger partial charge in [0.15, 0.2) is 5.96 Å².